The molecule has 1 unspecified atom stereocenters. The van der Waals surface area contributed by atoms with Crippen LogP contribution >= 0.6 is 0 Å². The van der Waals surface area contributed by atoms with Gasteiger partial charge in [0.05, 0.1) is 7.11 Å². The van der Waals surface area contributed by atoms with Gasteiger partial charge >= 0.3 is 6.18 Å². The fourth-order valence-corrected chi connectivity index (χ4v) is 1.92. The van der Waals surface area contributed by atoms with Crippen molar-refractivity contribution in [3.8, 4) is 11.5 Å². The van der Waals surface area contributed by atoms with E-state index in [1.54, 1.807) is 31.4 Å². The minimum absolute atomic E-state index is 0.0581. The van der Waals surface area contributed by atoms with Crippen LogP contribution < -0.4 is 14.8 Å². The van der Waals surface area contributed by atoms with Gasteiger partial charge in [-0.15, -0.1) is 0 Å². The van der Waals surface area contributed by atoms with Crippen LogP contribution in [-0.2, 0) is 0 Å². The van der Waals surface area contributed by atoms with Gasteiger partial charge in [-0.3, -0.25) is 0 Å². The predicted octanol–water partition coefficient (Wildman–Crippen LogP) is 2.12. The van der Waals surface area contributed by atoms with Gasteiger partial charge in [-0.2, -0.15) is 13.2 Å². The molecule has 0 aliphatic heterocycles. The van der Waals surface area contributed by atoms with Gasteiger partial charge in [-0.05, 0) is 37.1 Å². The standard InChI is InChI=1S/C14H18F3NO3/c1-20-11-2-4-12(5-3-11)21-9-10(19)8-18-13(6-7-13)14(15,16)17/h2-5,10,18-19H,6-9H2,1H3. The summed E-state index contributed by atoms with van der Waals surface area (Å²) >= 11 is 0. The molecule has 0 aromatic heterocycles. The molecule has 2 rings (SSSR count). The van der Waals surface area contributed by atoms with Gasteiger partial charge < -0.3 is 19.9 Å². The molecule has 4 nitrogen and oxygen atoms in total. The van der Waals surface area contributed by atoms with Gasteiger partial charge in [0.1, 0.15) is 29.7 Å². The van der Waals surface area contributed by atoms with E-state index < -0.39 is 17.8 Å². The number of halogens is 3. The first kappa shape index (κ1) is 15.9. The van der Waals surface area contributed by atoms with Gasteiger partial charge in [-0.1, -0.05) is 0 Å². The maximum Gasteiger partial charge on any atom is 0.406 e. The molecule has 1 aliphatic carbocycles. The molecule has 7 heteroatoms. The number of hydrogen-bond donors (Lipinski definition) is 2. The molecule has 1 fully saturated rings. The van der Waals surface area contributed by atoms with Crippen molar-refractivity contribution >= 4 is 0 Å². The summed E-state index contributed by atoms with van der Waals surface area (Å²) in [5.41, 5.74) is -1.81. The second kappa shape index (κ2) is 6.11. The Labute approximate surface area is 120 Å². The third kappa shape index (κ3) is 4.01. The predicted molar refractivity (Wildman–Crippen MR) is 70.5 cm³/mol. The number of hydrogen-bond acceptors (Lipinski definition) is 4. The first-order valence-corrected chi connectivity index (χ1v) is 6.63. The van der Waals surface area contributed by atoms with Gasteiger partial charge in [0.2, 0.25) is 0 Å². The Hall–Kier alpha value is -1.47. The number of aliphatic hydroxyl groups is 1. The highest BCUT2D eigenvalue weighted by Crippen LogP contribution is 2.48. The van der Waals surface area contributed by atoms with Gasteiger partial charge in [0, 0.05) is 6.54 Å². The quantitative estimate of drug-likeness (QED) is 0.810. The van der Waals surface area contributed by atoms with Crippen LogP contribution in [0.3, 0.4) is 0 Å². The van der Waals surface area contributed by atoms with E-state index in [9.17, 15) is 18.3 Å². The summed E-state index contributed by atoms with van der Waals surface area (Å²) in [6.07, 6.45) is -5.17. The van der Waals surface area contributed by atoms with Crippen molar-refractivity contribution in [2.24, 2.45) is 0 Å². The van der Waals surface area contributed by atoms with E-state index in [-0.39, 0.29) is 26.0 Å². The van der Waals surface area contributed by atoms with Crippen LogP contribution in [0.25, 0.3) is 0 Å². The largest absolute Gasteiger partial charge is 0.497 e. The number of rotatable bonds is 7. The second-order valence-corrected chi connectivity index (χ2v) is 5.10. The molecule has 0 amide bonds. The average Bonchev–Trinajstić information content (AvgIpc) is 3.24. The fraction of sp³-hybridized carbons (Fsp3) is 0.571. The second-order valence-electron chi connectivity index (χ2n) is 5.10. The van der Waals surface area contributed by atoms with Gasteiger partial charge in [-0.25, -0.2) is 0 Å². The van der Waals surface area contributed by atoms with E-state index in [4.69, 9.17) is 9.47 Å². The summed E-state index contributed by atoms with van der Waals surface area (Å²) in [5.74, 6) is 1.19. The summed E-state index contributed by atoms with van der Waals surface area (Å²) in [7, 11) is 1.54. The van der Waals surface area contributed by atoms with E-state index in [1.807, 2.05) is 0 Å². The highest BCUT2D eigenvalue weighted by atomic mass is 19.4. The normalized spacial score (nSPS) is 18.1. The molecule has 0 saturated heterocycles. The van der Waals surface area contributed by atoms with Crippen molar-refractivity contribution < 1.29 is 27.8 Å². The number of aliphatic hydroxyl groups excluding tert-OH is 1. The summed E-state index contributed by atoms with van der Waals surface area (Å²) < 4.78 is 48.3. The Morgan fingerprint density at radius 3 is 2.29 bits per heavy atom. The van der Waals surface area contributed by atoms with Crippen LogP contribution in [0.1, 0.15) is 12.8 Å². The zero-order valence-corrected chi connectivity index (χ0v) is 11.6. The minimum Gasteiger partial charge on any atom is -0.497 e. The Morgan fingerprint density at radius 1 is 1.24 bits per heavy atom. The first-order valence-electron chi connectivity index (χ1n) is 6.63. The molecule has 118 valence electrons. The van der Waals surface area contributed by atoms with Crippen molar-refractivity contribution in [2.75, 3.05) is 20.3 Å². The molecule has 1 aromatic rings. The van der Waals surface area contributed by atoms with Gasteiger partial charge in [0.15, 0.2) is 0 Å². The summed E-state index contributed by atoms with van der Waals surface area (Å²) in [5, 5.41) is 12.1. The lowest BCUT2D eigenvalue weighted by Crippen LogP contribution is -2.48. The average molecular weight is 305 g/mol. The fourth-order valence-electron chi connectivity index (χ4n) is 1.92. The van der Waals surface area contributed by atoms with E-state index in [1.165, 1.54) is 0 Å². The summed E-state index contributed by atoms with van der Waals surface area (Å²) in [6.45, 7) is -0.233. The summed E-state index contributed by atoms with van der Waals surface area (Å²) in [4.78, 5) is 0. The lowest BCUT2D eigenvalue weighted by atomic mass is 10.2. The number of alkyl halides is 3. The molecule has 0 radical (unpaired) electrons. The maximum atomic E-state index is 12.7. The Bertz CT molecular complexity index is 458. The van der Waals surface area contributed by atoms with Gasteiger partial charge in [0.25, 0.3) is 0 Å². The van der Waals surface area contributed by atoms with Crippen LogP contribution in [0.15, 0.2) is 24.3 Å². The molecule has 1 atom stereocenters. The van der Waals surface area contributed by atoms with E-state index in [0.29, 0.717) is 11.5 Å². The smallest absolute Gasteiger partial charge is 0.406 e. The molecular formula is C14H18F3NO3. The SMILES string of the molecule is COc1ccc(OCC(O)CNC2(C(F)(F)F)CC2)cc1. The van der Waals surface area contributed by atoms with Crippen molar-refractivity contribution in [2.45, 2.75) is 30.7 Å². The Morgan fingerprint density at radius 2 is 1.81 bits per heavy atom. The Balaban J connectivity index is 1.73. The van der Waals surface area contributed by atoms with E-state index in [0.717, 1.165) is 0 Å². The molecular weight excluding hydrogens is 287 g/mol. The molecule has 1 saturated carbocycles. The number of β-amino-alcohol motifs (C(OH)–C–C–N with tert-alkyl or cyclic N) is 1. The number of methoxy groups -OCH3 is 1. The van der Waals surface area contributed by atoms with Crippen LogP contribution in [0, 0.1) is 0 Å². The van der Waals surface area contributed by atoms with Crippen molar-refractivity contribution in [1.29, 1.82) is 0 Å². The molecule has 0 spiro atoms. The molecule has 0 heterocycles. The Kier molecular flexibility index (Phi) is 4.63. The lowest BCUT2D eigenvalue weighted by Gasteiger charge is -2.22. The molecule has 1 aromatic carbocycles. The summed E-state index contributed by atoms with van der Waals surface area (Å²) in [6, 6.07) is 6.72. The first-order chi connectivity index (χ1) is 9.86. The third-order valence-electron chi connectivity index (χ3n) is 3.47. The maximum absolute atomic E-state index is 12.7. The zero-order chi connectivity index (χ0) is 15.5. The minimum atomic E-state index is -4.27. The zero-order valence-electron chi connectivity index (χ0n) is 11.6. The van der Waals surface area contributed by atoms with Crippen molar-refractivity contribution in [1.82, 2.24) is 5.32 Å². The number of benzene rings is 1. The van der Waals surface area contributed by atoms with Crippen LogP contribution in [0.2, 0.25) is 0 Å². The van der Waals surface area contributed by atoms with Crippen molar-refractivity contribution in [3.63, 3.8) is 0 Å². The van der Waals surface area contributed by atoms with Crippen molar-refractivity contribution in [3.05, 3.63) is 24.3 Å². The number of ether oxygens (including phenoxy) is 2. The van der Waals surface area contributed by atoms with E-state index in [2.05, 4.69) is 5.32 Å². The highest BCUT2D eigenvalue weighted by Gasteiger charge is 2.63. The lowest BCUT2D eigenvalue weighted by molar-refractivity contribution is -0.166. The topological polar surface area (TPSA) is 50.7 Å². The number of nitrogens with one attached hydrogen (secondary N) is 1. The monoisotopic (exact) mass is 305 g/mol. The molecule has 1 aliphatic rings. The molecule has 0 bridgehead atoms. The van der Waals surface area contributed by atoms with Crippen LogP contribution in [0.4, 0.5) is 13.2 Å². The molecule has 2 N–H and O–H groups in total. The highest BCUT2D eigenvalue weighted by molar-refractivity contribution is 5.31. The third-order valence-corrected chi connectivity index (χ3v) is 3.47. The van der Waals surface area contributed by atoms with E-state index >= 15 is 0 Å². The van der Waals surface area contributed by atoms with Crippen LogP contribution in [-0.4, -0.2) is 43.2 Å². The van der Waals surface area contributed by atoms with Crippen LogP contribution in [0.5, 0.6) is 11.5 Å². The molecule has 21 heavy (non-hydrogen) atoms.